The number of rotatable bonds is 3. The molecule has 0 spiro atoms. The van der Waals surface area contributed by atoms with Crippen LogP contribution in [0.4, 0.5) is 11.5 Å². The minimum Gasteiger partial charge on any atom is -0.383 e. The second-order valence-corrected chi connectivity index (χ2v) is 10.7. The number of anilines is 2. The van der Waals surface area contributed by atoms with Gasteiger partial charge in [0.2, 0.25) is 0 Å². The normalized spacial score (nSPS) is 18.8. The first-order chi connectivity index (χ1) is 17.8. The molecule has 0 radical (unpaired) electrons. The zero-order chi connectivity index (χ0) is 26.4. The predicted octanol–water partition coefficient (Wildman–Crippen LogP) is 3.52. The second-order valence-electron chi connectivity index (χ2n) is 9.61. The molecule has 1 aromatic carbocycles. The Bertz CT molecular complexity index is 1190. The molecule has 4 heterocycles. The van der Waals surface area contributed by atoms with Gasteiger partial charge in [-0.15, -0.1) is 11.3 Å². The number of pyridine rings is 1. The molecule has 2 aliphatic heterocycles. The summed E-state index contributed by atoms with van der Waals surface area (Å²) in [5.74, 6) is -0.102. The summed E-state index contributed by atoms with van der Waals surface area (Å²) in [4.78, 5) is 36.8. The Morgan fingerprint density at radius 1 is 1.22 bits per heavy atom. The number of thiazole rings is 1. The van der Waals surface area contributed by atoms with Crippen LogP contribution in [0.5, 0.6) is 0 Å². The van der Waals surface area contributed by atoms with Gasteiger partial charge >= 0.3 is 11.8 Å². The fraction of sp³-hybridized carbons (Fsp3) is 0.481. The molecule has 1 unspecified atom stereocenters. The van der Waals surface area contributed by atoms with E-state index in [0.29, 0.717) is 43.5 Å². The number of hydrogen-bond acceptors (Lipinski definition) is 8. The summed E-state index contributed by atoms with van der Waals surface area (Å²) in [6, 6.07) is 10.2. The average Bonchev–Trinajstić information content (AvgIpc) is 3.34. The van der Waals surface area contributed by atoms with Gasteiger partial charge in [0.15, 0.2) is 0 Å². The minimum atomic E-state index is -0.669. The van der Waals surface area contributed by atoms with Gasteiger partial charge in [-0.1, -0.05) is 19.1 Å². The smallest absolute Gasteiger partial charge is 0.313 e. The Morgan fingerprint density at radius 2 is 1.97 bits per heavy atom. The number of carbonyl (C=O) groups excluding carboxylic acids is 2. The zero-order valence-electron chi connectivity index (χ0n) is 21.8. The Balaban J connectivity index is 0.000000179. The molecular formula is C27H36N6O3S. The van der Waals surface area contributed by atoms with Crippen molar-refractivity contribution in [1.29, 1.82) is 0 Å². The van der Waals surface area contributed by atoms with Crippen LogP contribution in [-0.4, -0.2) is 77.5 Å². The largest absolute Gasteiger partial charge is 0.383 e. The number of nitrogen functional groups attached to an aromatic ring is 1. The van der Waals surface area contributed by atoms with Gasteiger partial charge in [0.25, 0.3) is 0 Å². The first kappa shape index (κ1) is 27.0. The highest BCUT2D eigenvalue weighted by Crippen LogP contribution is 2.33. The highest BCUT2D eigenvalue weighted by molar-refractivity contribution is 7.18. The molecule has 37 heavy (non-hydrogen) atoms. The third-order valence-electron chi connectivity index (χ3n) is 6.74. The molecule has 3 N–H and O–H groups in total. The number of nitrogens with zero attached hydrogens (tertiary/aromatic N) is 4. The number of benzene rings is 1. The molecule has 9 nitrogen and oxygen atoms in total. The topological polar surface area (TPSA) is 114 Å². The van der Waals surface area contributed by atoms with E-state index in [-0.39, 0.29) is 6.10 Å². The van der Waals surface area contributed by atoms with Gasteiger partial charge in [0.05, 0.1) is 39.8 Å². The number of piperidine rings is 1. The number of nitrogens with two attached hydrogens (primary N) is 1. The van der Waals surface area contributed by atoms with Crippen LogP contribution >= 0.6 is 11.3 Å². The van der Waals surface area contributed by atoms with E-state index in [1.165, 1.54) is 52.3 Å². The first-order valence-corrected chi connectivity index (χ1v) is 13.7. The lowest BCUT2D eigenvalue weighted by Gasteiger charge is -2.30. The van der Waals surface area contributed by atoms with Crippen LogP contribution in [0.25, 0.3) is 10.2 Å². The fourth-order valence-corrected chi connectivity index (χ4v) is 5.66. The van der Waals surface area contributed by atoms with Crippen molar-refractivity contribution >= 4 is 44.9 Å². The van der Waals surface area contributed by atoms with Crippen LogP contribution in [0.2, 0.25) is 0 Å². The highest BCUT2D eigenvalue weighted by Gasteiger charge is 2.26. The van der Waals surface area contributed by atoms with Crippen molar-refractivity contribution < 1.29 is 14.3 Å². The number of morpholine rings is 1. The maximum Gasteiger partial charge on any atom is 0.313 e. The van der Waals surface area contributed by atoms with E-state index in [1.807, 2.05) is 25.2 Å². The van der Waals surface area contributed by atoms with E-state index < -0.39 is 11.8 Å². The molecule has 10 heteroatoms. The van der Waals surface area contributed by atoms with Crippen LogP contribution in [0.3, 0.4) is 0 Å². The molecule has 2 saturated heterocycles. The van der Waals surface area contributed by atoms with Crippen molar-refractivity contribution in [1.82, 2.24) is 19.8 Å². The molecule has 198 valence electrons. The van der Waals surface area contributed by atoms with Gasteiger partial charge in [0.1, 0.15) is 5.82 Å². The van der Waals surface area contributed by atoms with Gasteiger partial charge < -0.3 is 25.6 Å². The summed E-state index contributed by atoms with van der Waals surface area (Å²) in [7, 11) is 2.20. The van der Waals surface area contributed by atoms with E-state index >= 15 is 0 Å². The van der Waals surface area contributed by atoms with Crippen molar-refractivity contribution in [2.75, 3.05) is 50.9 Å². The number of fused-ring (bicyclic) bond motifs is 1. The van der Waals surface area contributed by atoms with Crippen LogP contribution in [0, 0.1) is 0 Å². The lowest BCUT2D eigenvalue weighted by molar-refractivity contribution is -0.147. The van der Waals surface area contributed by atoms with E-state index in [1.54, 1.807) is 6.07 Å². The van der Waals surface area contributed by atoms with Crippen molar-refractivity contribution in [3.05, 3.63) is 47.1 Å². The Labute approximate surface area is 222 Å². The van der Waals surface area contributed by atoms with Crippen LogP contribution in [-0.2, 0) is 20.7 Å². The van der Waals surface area contributed by atoms with Crippen molar-refractivity contribution in [3.8, 4) is 0 Å². The molecule has 2 aliphatic rings. The van der Waals surface area contributed by atoms with E-state index in [4.69, 9.17) is 15.5 Å². The Morgan fingerprint density at radius 3 is 2.68 bits per heavy atom. The monoisotopic (exact) mass is 524 g/mol. The van der Waals surface area contributed by atoms with Gasteiger partial charge in [-0.05, 0) is 70.1 Å². The Hall–Kier alpha value is -3.08. The number of carbonyl (C=O) groups is 2. The van der Waals surface area contributed by atoms with Gasteiger partial charge in [0, 0.05) is 19.0 Å². The van der Waals surface area contributed by atoms with Crippen molar-refractivity contribution in [2.45, 2.75) is 45.1 Å². The number of aromatic nitrogens is 2. The molecule has 0 aliphatic carbocycles. The number of ether oxygens (including phenoxy) is 1. The minimum absolute atomic E-state index is 0.0552. The summed E-state index contributed by atoms with van der Waals surface area (Å²) < 4.78 is 6.68. The first-order valence-electron chi connectivity index (χ1n) is 12.8. The summed E-state index contributed by atoms with van der Waals surface area (Å²) in [5, 5.41) is 3.91. The van der Waals surface area contributed by atoms with Gasteiger partial charge in [-0.25, -0.2) is 9.97 Å². The summed E-state index contributed by atoms with van der Waals surface area (Å²) in [6.07, 6.45) is 4.62. The molecule has 0 saturated carbocycles. The third-order valence-corrected chi connectivity index (χ3v) is 7.94. The number of nitrogens with one attached hydrogen (secondary N) is 1. The molecule has 2 fully saturated rings. The Kier molecular flexibility index (Phi) is 9.07. The van der Waals surface area contributed by atoms with Gasteiger partial charge in [-0.3, -0.25) is 9.59 Å². The molecule has 3 aromatic rings. The van der Waals surface area contributed by atoms with Gasteiger partial charge in [-0.2, -0.15) is 0 Å². The lowest BCUT2D eigenvalue weighted by atomic mass is 9.98. The number of para-hydroxylation sites is 1. The standard InChI is InChI=1S/C14H20N4O3.C13H16N2S/c1-3-10-6-11(7-16-12(10)15)17-13(19)14(20)18-4-5-21-9(2)8-18;1-15-8-6-10(7-9-15)13-14-11-4-2-3-5-12(11)16-13/h6-7,9H,3-5,8H2,1-2H3,(H2,15,16)(H,17,19);2-5,10H,6-9H2,1H3. The van der Waals surface area contributed by atoms with E-state index in [0.717, 1.165) is 5.56 Å². The molecular weight excluding hydrogens is 488 g/mol. The van der Waals surface area contributed by atoms with E-state index in [2.05, 4.69) is 46.5 Å². The number of hydrogen-bond donors (Lipinski definition) is 2. The summed E-state index contributed by atoms with van der Waals surface area (Å²) in [6.45, 7) is 7.53. The number of amides is 2. The molecule has 0 bridgehead atoms. The third kappa shape index (κ3) is 7.03. The summed E-state index contributed by atoms with van der Waals surface area (Å²) in [5.41, 5.74) is 8.18. The maximum atomic E-state index is 12.1. The van der Waals surface area contributed by atoms with Crippen LogP contribution < -0.4 is 11.1 Å². The molecule has 2 aromatic heterocycles. The second kappa shape index (κ2) is 12.4. The van der Waals surface area contributed by atoms with Crippen LogP contribution in [0.15, 0.2) is 36.5 Å². The quantitative estimate of drug-likeness (QED) is 0.504. The molecule has 5 rings (SSSR count). The average molecular weight is 525 g/mol. The summed E-state index contributed by atoms with van der Waals surface area (Å²) >= 11 is 1.88. The highest BCUT2D eigenvalue weighted by atomic mass is 32.1. The zero-order valence-corrected chi connectivity index (χ0v) is 22.6. The maximum absolute atomic E-state index is 12.1. The molecule has 1 atom stereocenters. The van der Waals surface area contributed by atoms with Crippen LogP contribution in [0.1, 0.15) is 43.2 Å². The number of likely N-dealkylation sites (tertiary alicyclic amines) is 1. The number of aryl methyl sites for hydroxylation is 1. The fourth-order valence-electron chi connectivity index (χ4n) is 4.52. The lowest BCUT2D eigenvalue weighted by Crippen LogP contribution is -2.48. The van der Waals surface area contributed by atoms with Crippen molar-refractivity contribution in [3.63, 3.8) is 0 Å². The van der Waals surface area contributed by atoms with E-state index in [9.17, 15) is 9.59 Å². The molecule has 2 amide bonds. The predicted molar refractivity (Wildman–Crippen MR) is 148 cm³/mol. The SMILES string of the molecule is CCc1cc(NC(=O)C(=O)N2CCOC(C)C2)cnc1N.CN1CCC(c2nc3ccccc3s2)CC1. The van der Waals surface area contributed by atoms with Crippen molar-refractivity contribution in [2.24, 2.45) is 0 Å².